The predicted octanol–water partition coefficient (Wildman–Crippen LogP) is 22.9. The summed E-state index contributed by atoms with van der Waals surface area (Å²) in [6, 6.07) is 110. The predicted molar refractivity (Wildman–Crippen MR) is 371 cm³/mol. The van der Waals surface area contributed by atoms with Gasteiger partial charge in [-0.1, -0.05) is 263 Å². The Bertz CT molecular complexity index is 4930. The minimum Gasteiger partial charge on any atom is -0.309 e. The Hall–Kier alpha value is -9.82. The normalized spacial score (nSPS) is 20.5. The second kappa shape index (κ2) is 19.1. The highest BCUT2D eigenvalue weighted by atomic mass is 15.1. The van der Waals surface area contributed by atoms with Crippen molar-refractivity contribution in [1.82, 2.24) is 0 Å². The first-order valence-electron chi connectivity index (χ1n) is 32.7. The van der Waals surface area contributed by atoms with Crippen LogP contribution in [0.5, 0.6) is 0 Å². The van der Waals surface area contributed by atoms with Crippen LogP contribution in [-0.2, 0) is 16.2 Å². The molecule has 0 aliphatic heterocycles. The maximum absolute atomic E-state index is 2.72. The molecular formula is C88H67N. The van der Waals surface area contributed by atoms with Gasteiger partial charge in [0.25, 0.3) is 0 Å². The van der Waals surface area contributed by atoms with Crippen molar-refractivity contribution >= 4 is 38.6 Å². The van der Waals surface area contributed by atoms with E-state index in [1.165, 1.54) is 159 Å². The van der Waals surface area contributed by atoms with E-state index in [-0.39, 0.29) is 10.8 Å². The van der Waals surface area contributed by atoms with Crippen molar-refractivity contribution < 1.29 is 0 Å². The number of benzene rings is 13. The summed E-state index contributed by atoms with van der Waals surface area (Å²) < 4.78 is 0. The lowest BCUT2D eigenvalue weighted by molar-refractivity contribution is -0.0399. The Morgan fingerprint density at radius 2 is 0.764 bits per heavy atom. The second-order valence-electron chi connectivity index (χ2n) is 27.4. The van der Waals surface area contributed by atoms with E-state index in [9.17, 15) is 0 Å². The summed E-state index contributed by atoms with van der Waals surface area (Å²) in [5, 5.41) is 4.98. The molecule has 13 aromatic carbocycles. The number of hydrogen-bond donors (Lipinski definition) is 0. The van der Waals surface area contributed by atoms with Gasteiger partial charge in [0.05, 0.1) is 16.8 Å². The summed E-state index contributed by atoms with van der Waals surface area (Å²) in [6.07, 6.45) is 6.77. The third-order valence-electron chi connectivity index (χ3n) is 22.9. The van der Waals surface area contributed by atoms with E-state index in [0.717, 1.165) is 23.2 Å². The molecule has 0 aromatic heterocycles. The maximum atomic E-state index is 2.72. The quantitative estimate of drug-likeness (QED) is 0.154. The van der Waals surface area contributed by atoms with Gasteiger partial charge in [-0.15, -0.1) is 0 Å². The standard InChI is InChI=1S/C88H67N/c1-86(2)78-37-18-32-68(62-43-41-57-21-6-8-25-60(57)52-62)84(78)88(85-69(33-19-38-79(85)86)63-44-42-58-22-7-9-26-61(58)53-63)75-34-15-12-29-71(75)72-46-45-66(54-80(72)88)89(81-39-17-14-30-73(81)70-28-11-10-27-67(70)59-23-4-3-5-24-59)82-40-20-36-77-83(82)74-31-13-16-35-76(74)87(77)64-48-55-47-56(50-64)51-65(87)49-55/h3-46,52-56,64-65H,47-51H2,1-2H3. The molecule has 7 aliphatic rings. The zero-order valence-corrected chi connectivity index (χ0v) is 50.4. The van der Waals surface area contributed by atoms with Crippen LogP contribution in [0.4, 0.5) is 17.1 Å². The minimum atomic E-state index is -0.784. The topological polar surface area (TPSA) is 3.24 Å². The number of anilines is 3. The van der Waals surface area contributed by atoms with Gasteiger partial charge in [0.15, 0.2) is 0 Å². The first kappa shape index (κ1) is 51.2. The number of nitrogens with zero attached hydrogens (tertiary/aromatic N) is 1. The molecular weight excluding hydrogens is 1070 g/mol. The SMILES string of the molecule is CC1(C)c2cccc(-c3ccc4ccccc4c3)c2C2(c3ccccc3-c3ccc(N(c4ccccc4-c4ccccc4-c4ccccc4)c4cccc5c4-c4ccccc4C54C5CC6CC(C5)CC4C6)cc32)c2c(-c3ccc4ccccc4c3)cccc21. The van der Waals surface area contributed by atoms with Gasteiger partial charge < -0.3 is 4.90 Å². The van der Waals surface area contributed by atoms with Crippen LogP contribution in [-0.4, -0.2) is 0 Å². The highest BCUT2D eigenvalue weighted by molar-refractivity contribution is 6.03. The van der Waals surface area contributed by atoms with Gasteiger partial charge in [0, 0.05) is 27.6 Å². The summed E-state index contributed by atoms with van der Waals surface area (Å²) in [4.78, 5) is 2.72. The van der Waals surface area contributed by atoms with Gasteiger partial charge in [0.1, 0.15) is 0 Å². The van der Waals surface area contributed by atoms with Crippen molar-refractivity contribution in [3.05, 3.63) is 330 Å². The molecule has 4 bridgehead atoms. The molecule has 0 unspecified atom stereocenters. The van der Waals surface area contributed by atoms with Gasteiger partial charge in [-0.2, -0.15) is 0 Å². The molecule has 20 rings (SSSR count). The van der Waals surface area contributed by atoms with Crippen LogP contribution < -0.4 is 4.90 Å². The van der Waals surface area contributed by atoms with E-state index in [2.05, 4.69) is 304 Å². The van der Waals surface area contributed by atoms with E-state index in [1.807, 2.05) is 0 Å². The van der Waals surface area contributed by atoms with Gasteiger partial charge in [-0.25, -0.2) is 0 Å². The van der Waals surface area contributed by atoms with E-state index >= 15 is 0 Å². The third kappa shape index (κ3) is 7.08. The zero-order chi connectivity index (χ0) is 58.7. The van der Waals surface area contributed by atoms with Crippen LogP contribution in [0.2, 0.25) is 0 Å². The largest absolute Gasteiger partial charge is 0.309 e. The van der Waals surface area contributed by atoms with Gasteiger partial charge in [-0.05, 0) is 214 Å². The molecule has 0 radical (unpaired) electrons. The Labute approximate surface area is 522 Å². The Kier molecular flexibility index (Phi) is 11.0. The average molecular weight is 1140 g/mol. The van der Waals surface area contributed by atoms with E-state index < -0.39 is 5.41 Å². The number of rotatable bonds is 7. The Morgan fingerprint density at radius 3 is 1.42 bits per heavy atom. The highest BCUT2D eigenvalue weighted by Gasteiger charge is 2.62. The molecule has 0 saturated heterocycles. The lowest BCUT2D eigenvalue weighted by Crippen LogP contribution is -2.55. The van der Waals surface area contributed by atoms with Crippen molar-refractivity contribution in [2.24, 2.45) is 23.7 Å². The fourth-order valence-electron chi connectivity index (χ4n) is 19.6. The molecule has 424 valence electrons. The highest BCUT2D eigenvalue weighted by Crippen LogP contribution is 2.71. The van der Waals surface area contributed by atoms with Gasteiger partial charge in [0.2, 0.25) is 0 Å². The minimum absolute atomic E-state index is 0.00919. The summed E-state index contributed by atoms with van der Waals surface area (Å²) in [5.41, 5.74) is 28.8. The number of fused-ring (bicyclic) bond motifs is 14. The smallest absolute Gasteiger partial charge is 0.0732 e. The van der Waals surface area contributed by atoms with E-state index in [0.29, 0.717) is 11.8 Å². The molecule has 89 heavy (non-hydrogen) atoms. The van der Waals surface area contributed by atoms with Crippen LogP contribution in [0.3, 0.4) is 0 Å². The summed E-state index contributed by atoms with van der Waals surface area (Å²) in [7, 11) is 0. The Balaban J connectivity index is 0.940. The molecule has 0 atom stereocenters. The second-order valence-corrected chi connectivity index (χ2v) is 27.4. The molecule has 7 aliphatic carbocycles. The maximum Gasteiger partial charge on any atom is 0.0732 e. The van der Waals surface area contributed by atoms with Crippen LogP contribution >= 0.6 is 0 Å². The molecule has 13 aromatic rings. The first-order chi connectivity index (χ1) is 43.9. The van der Waals surface area contributed by atoms with Gasteiger partial charge in [-0.3, -0.25) is 0 Å². The molecule has 0 N–H and O–H groups in total. The van der Waals surface area contributed by atoms with Crippen molar-refractivity contribution in [2.75, 3.05) is 4.90 Å². The molecule has 0 amide bonds. The number of para-hydroxylation sites is 1. The fraction of sp³-hybridized carbons (Fsp3) is 0.159. The zero-order valence-electron chi connectivity index (χ0n) is 50.4. The molecule has 1 nitrogen and oxygen atoms in total. The molecule has 1 heteroatoms. The fourth-order valence-corrected chi connectivity index (χ4v) is 19.6. The van der Waals surface area contributed by atoms with Crippen molar-refractivity contribution in [1.29, 1.82) is 0 Å². The van der Waals surface area contributed by atoms with E-state index in [1.54, 1.807) is 11.1 Å². The van der Waals surface area contributed by atoms with Crippen molar-refractivity contribution in [2.45, 2.75) is 62.2 Å². The summed E-state index contributed by atoms with van der Waals surface area (Å²) in [6.45, 7) is 4.97. The molecule has 2 spiro atoms. The molecule has 4 fully saturated rings. The van der Waals surface area contributed by atoms with Crippen molar-refractivity contribution in [3.63, 3.8) is 0 Å². The summed E-state index contributed by atoms with van der Waals surface area (Å²) >= 11 is 0. The van der Waals surface area contributed by atoms with Crippen LogP contribution in [0.15, 0.2) is 285 Å². The monoisotopic (exact) mass is 1140 g/mol. The van der Waals surface area contributed by atoms with E-state index in [4.69, 9.17) is 0 Å². The van der Waals surface area contributed by atoms with Crippen LogP contribution in [0.25, 0.3) is 88.3 Å². The third-order valence-corrected chi connectivity index (χ3v) is 22.9. The summed E-state index contributed by atoms with van der Waals surface area (Å²) in [5.74, 6) is 2.97. The van der Waals surface area contributed by atoms with Crippen LogP contribution in [0.1, 0.15) is 90.5 Å². The lowest BCUT2D eigenvalue weighted by atomic mass is 9.43. The number of hydrogen-bond acceptors (Lipinski definition) is 1. The average Bonchev–Trinajstić information content (AvgIpc) is 1.62. The molecule has 0 heterocycles. The van der Waals surface area contributed by atoms with Gasteiger partial charge >= 0.3 is 0 Å². The lowest BCUT2D eigenvalue weighted by Gasteiger charge is -2.61. The van der Waals surface area contributed by atoms with Crippen LogP contribution in [0, 0.1) is 23.7 Å². The first-order valence-corrected chi connectivity index (χ1v) is 32.7. The molecule has 4 saturated carbocycles. The van der Waals surface area contributed by atoms with Crippen molar-refractivity contribution in [3.8, 4) is 66.8 Å². The Morgan fingerprint density at radius 1 is 0.292 bits per heavy atom.